The van der Waals surface area contributed by atoms with Crippen molar-refractivity contribution in [3.63, 3.8) is 0 Å². The lowest BCUT2D eigenvalue weighted by Crippen LogP contribution is -2.66. The van der Waals surface area contributed by atoms with E-state index >= 15 is 0 Å². The van der Waals surface area contributed by atoms with Gasteiger partial charge in [-0.15, -0.1) is 0 Å². The number of amides is 1. The molecule has 17 unspecified atom stereocenters. The SMILES string of the molecule is CCCCCCCCCCCCCCCCCC/C=C/CC/C=C/CC/C=C/C(O)C(COC1OC(CO)C(OC2OC(CO)C(OC3OC(CO)C(O)C(O)C3O)C(O)C2O)C(O)C1O)NC(=O)CCCCCCCCCCCCCCCCCCCCCCCCCCCCCCCCCCCCCC. The van der Waals surface area contributed by atoms with E-state index in [0.29, 0.717) is 12.8 Å². The highest BCUT2D eigenvalue weighted by atomic mass is 16.8. The second kappa shape index (κ2) is 68.4. The van der Waals surface area contributed by atoms with E-state index in [1.54, 1.807) is 6.08 Å². The minimum Gasteiger partial charge on any atom is -0.394 e. The van der Waals surface area contributed by atoms with Gasteiger partial charge < -0.3 is 89.9 Å². The standard InChI is InChI=1S/C88H165NO18/c1-3-5-7-9-11-13-15-17-19-21-23-25-27-29-31-32-33-34-35-36-37-38-39-40-42-44-46-48-50-52-54-56-58-60-62-64-66-76(94)89-71(72(93)65-63-61-59-57-55-53-51-49-47-45-43-41-30-28-26-24-22-20-18-16-14-12-10-8-6-4-2)70-102-86-82(100)79(97)84(74(68-91)104-86)107-88-83(101)80(98)85(75(69-92)105-88)106-87-81(99)78(96)77(95)73(67-90)103-87/h47,49,55,57,63,65,71-75,77-88,90-93,95-101H,3-46,48,50-54,56,58-62,64,66-70H2,1-2H3,(H,89,94)/b49-47+,57-55+,65-63+. The Morgan fingerprint density at radius 3 is 0.935 bits per heavy atom. The van der Waals surface area contributed by atoms with Crippen LogP contribution in [0.5, 0.6) is 0 Å². The van der Waals surface area contributed by atoms with Crippen LogP contribution in [0.4, 0.5) is 0 Å². The maximum absolute atomic E-state index is 13.5. The third-order valence-corrected chi connectivity index (χ3v) is 22.4. The maximum atomic E-state index is 13.5. The smallest absolute Gasteiger partial charge is 0.220 e. The summed E-state index contributed by atoms with van der Waals surface area (Å²) in [7, 11) is 0. The zero-order valence-electron chi connectivity index (χ0n) is 67.9. The number of ether oxygens (including phenoxy) is 6. The largest absolute Gasteiger partial charge is 0.394 e. The van der Waals surface area contributed by atoms with Crippen molar-refractivity contribution in [2.45, 2.75) is 491 Å². The average Bonchev–Trinajstić information content (AvgIpc) is 0.781. The van der Waals surface area contributed by atoms with Crippen LogP contribution in [0.1, 0.15) is 386 Å². The molecule has 19 nitrogen and oxygen atoms in total. The Bertz CT molecular complexity index is 2070. The van der Waals surface area contributed by atoms with Crippen molar-refractivity contribution in [2.24, 2.45) is 0 Å². The topological polar surface area (TPSA) is 307 Å². The number of carbonyl (C=O) groups is 1. The molecule has 0 saturated carbocycles. The lowest BCUT2D eigenvalue weighted by Gasteiger charge is -2.48. The fourth-order valence-corrected chi connectivity index (χ4v) is 15.3. The zero-order valence-corrected chi connectivity index (χ0v) is 67.9. The van der Waals surface area contributed by atoms with Crippen molar-refractivity contribution in [3.05, 3.63) is 36.5 Å². The monoisotopic (exact) mass is 1520 g/mol. The van der Waals surface area contributed by atoms with E-state index < -0.39 is 124 Å². The Morgan fingerprint density at radius 2 is 0.598 bits per heavy atom. The number of unbranched alkanes of at least 4 members (excludes halogenated alkanes) is 53. The summed E-state index contributed by atoms with van der Waals surface area (Å²) in [6.45, 7) is 1.78. The van der Waals surface area contributed by atoms with Gasteiger partial charge >= 0.3 is 0 Å². The Balaban J connectivity index is 1.33. The van der Waals surface area contributed by atoms with Gasteiger partial charge in [-0.05, 0) is 44.9 Å². The Labute approximate surface area is 651 Å². The molecule has 0 aromatic rings. The molecule has 630 valence electrons. The predicted octanol–water partition coefficient (Wildman–Crippen LogP) is 16.6. The molecule has 1 amide bonds. The number of rotatable bonds is 73. The van der Waals surface area contributed by atoms with Crippen molar-refractivity contribution < 1.29 is 89.4 Å². The van der Waals surface area contributed by atoms with Gasteiger partial charge in [-0.1, -0.05) is 371 Å². The van der Waals surface area contributed by atoms with E-state index in [-0.39, 0.29) is 18.9 Å². The van der Waals surface area contributed by atoms with E-state index in [2.05, 4.69) is 43.5 Å². The summed E-state index contributed by atoms with van der Waals surface area (Å²) in [5, 5.41) is 121. The van der Waals surface area contributed by atoms with Gasteiger partial charge in [0.25, 0.3) is 0 Å². The molecule has 0 aromatic heterocycles. The number of aliphatic hydroxyl groups excluding tert-OH is 11. The summed E-state index contributed by atoms with van der Waals surface area (Å²) in [4.78, 5) is 13.5. The highest BCUT2D eigenvalue weighted by Crippen LogP contribution is 2.34. The molecule has 17 atom stereocenters. The van der Waals surface area contributed by atoms with Crippen LogP contribution in [-0.2, 0) is 33.2 Å². The molecule has 0 bridgehead atoms. The molecule has 12 N–H and O–H groups in total. The Kier molecular flexibility index (Phi) is 63.4. The summed E-state index contributed by atoms with van der Waals surface area (Å²) in [6, 6.07) is -0.997. The predicted molar refractivity (Wildman–Crippen MR) is 429 cm³/mol. The van der Waals surface area contributed by atoms with Gasteiger partial charge in [-0.25, -0.2) is 0 Å². The van der Waals surface area contributed by atoms with E-state index in [1.165, 1.54) is 308 Å². The molecule has 3 aliphatic rings. The third kappa shape index (κ3) is 47.5. The number of carbonyl (C=O) groups excluding carboxylic acids is 1. The van der Waals surface area contributed by atoms with Gasteiger partial charge in [-0.3, -0.25) is 4.79 Å². The molecule has 3 fully saturated rings. The molecular weight excluding hydrogens is 1360 g/mol. The molecule has 3 rings (SSSR count). The van der Waals surface area contributed by atoms with Gasteiger partial charge in [0.05, 0.1) is 38.6 Å². The molecule has 0 aliphatic carbocycles. The van der Waals surface area contributed by atoms with Gasteiger partial charge in [0.1, 0.15) is 73.2 Å². The second-order valence-electron chi connectivity index (χ2n) is 32.1. The first-order valence-electron chi connectivity index (χ1n) is 44.7. The molecule has 3 heterocycles. The molecule has 107 heavy (non-hydrogen) atoms. The summed E-state index contributed by atoms with van der Waals surface area (Å²) < 4.78 is 34.5. The maximum Gasteiger partial charge on any atom is 0.220 e. The van der Waals surface area contributed by atoms with Crippen molar-refractivity contribution in [3.8, 4) is 0 Å². The van der Waals surface area contributed by atoms with Crippen LogP contribution >= 0.6 is 0 Å². The summed E-state index contributed by atoms with van der Waals surface area (Å²) in [5.41, 5.74) is 0. The van der Waals surface area contributed by atoms with E-state index in [0.717, 1.165) is 44.9 Å². The van der Waals surface area contributed by atoms with Crippen LogP contribution < -0.4 is 5.32 Å². The molecular formula is C88H165NO18. The summed E-state index contributed by atoms with van der Waals surface area (Å²) in [5.74, 6) is -0.281. The number of nitrogens with one attached hydrogen (secondary N) is 1. The summed E-state index contributed by atoms with van der Waals surface area (Å²) >= 11 is 0. The molecule has 19 heteroatoms. The number of hydrogen-bond donors (Lipinski definition) is 12. The van der Waals surface area contributed by atoms with Crippen molar-refractivity contribution >= 4 is 5.91 Å². The summed E-state index contributed by atoms with van der Waals surface area (Å²) in [6.07, 6.45) is 60.3. The fraction of sp³-hybridized carbons (Fsp3) is 0.920. The first-order valence-corrected chi connectivity index (χ1v) is 44.7. The number of aliphatic hydroxyl groups is 11. The molecule has 3 aliphatic heterocycles. The van der Waals surface area contributed by atoms with Crippen molar-refractivity contribution in [2.75, 3.05) is 26.4 Å². The first-order chi connectivity index (χ1) is 52.3. The number of hydrogen-bond acceptors (Lipinski definition) is 18. The quantitative estimate of drug-likeness (QED) is 0.0199. The molecule has 0 radical (unpaired) electrons. The van der Waals surface area contributed by atoms with Crippen LogP contribution in [0.2, 0.25) is 0 Å². The zero-order chi connectivity index (χ0) is 77.4. The molecule has 0 aromatic carbocycles. The van der Waals surface area contributed by atoms with Crippen LogP contribution in [0.15, 0.2) is 36.5 Å². The third-order valence-electron chi connectivity index (χ3n) is 22.4. The lowest BCUT2D eigenvalue weighted by atomic mass is 9.96. The van der Waals surface area contributed by atoms with Crippen LogP contribution in [0.3, 0.4) is 0 Å². The first kappa shape index (κ1) is 99.2. The van der Waals surface area contributed by atoms with E-state index in [4.69, 9.17) is 28.4 Å². The van der Waals surface area contributed by atoms with Gasteiger partial charge in [0.15, 0.2) is 18.9 Å². The minimum absolute atomic E-state index is 0.237. The van der Waals surface area contributed by atoms with Gasteiger partial charge in [-0.2, -0.15) is 0 Å². The normalized spacial score (nSPS) is 25.6. The molecule has 0 spiro atoms. The average molecular weight is 1530 g/mol. The van der Waals surface area contributed by atoms with Crippen LogP contribution in [0.25, 0.3) is 0 Å². The Morgan fingerprint density at radius 1 is 0.327 bits per heavy atom. The minimum atomic E-state index is -1.98. The van der Waals surface area contributed by atoms with Crippen LogP contribution in [-0.4, -0.2) is 193 Å². The molecule has 3 saturated heterocycles. The van der Waals surface area contributed by atoms with Gasteiger partial charge in [0.2, 0.25) is 5.91 Å². The highest BCUT2D eigenvalue weighted by molar-refractivity contribution is 5.76. The van der Waals surface area contributed by atoms with E-state index in [1.807, 2.05) is 6.08 Å². The van der Waals surface area contributed by atoms with Crippen molar-refractivity contribution in [1.29, 1.82) is 0 Å². The number of allylic oxidation sites excluding steroid dienone is 5. The van der Waals surface area contributed by atoms with Crippen molar-refractivity contribution in [1.82, 2.24) is 5.32 Å². The van der Waals surface area contributed by atoms with Gasteiger partial charge in [0, 0.05) is 6.42 Å². The van der Waals surface area contributed by atoms with Crippen LogP contribution in [0, 0.1) is 0 Å². The fourth-order valence-electron chi connectivity index (χ4n) is 15.3. The van der Waals surface area contributed by atoms with E-state index in [9.17, 15) is 61.0 Å². The highest BCUT2D eigenvalue weighted by Gasteiger charge is 2.54. The Hall–Kier alpha value is -1.99. The lowest BCUT2D eigenvalue weighted by molar-refractivity contribution is -0.379. The second-order valence-corrected chi connectivity index (χ2v) is 32.1.